The van der Waals surface area contributed by atoms with Crippen LogP contribution in [0.5, 0.6) is 0 Å². The summed E-state index contributed by atoms with van der Waals surface area (Å²) in [5.41, 5.74) is -1.14. The van der Waals surface area contributed by atoms with Gasteiger partial charge in [-0.1, -0.05) is 27.2 Å². The van der Waals surface area contributed by atoms with Crippen LogP contribution in [0.4, 0.5) is 17.6 Å². The topological polar surface area (TPSA) is 142 Å². The van der Waals surface area contributed by atoms with E-state index in [0.717, 1.165) is 6.42 Å². The quantitative estimate of drug-likeness (QED) is 0.364. The molecule has 0 bridgehead atoms. The Morgan fingerprint density at radius 3 is 2.30 bits per heavy atom. The second kappa shape index (κ2) is 11.6. The largest absolute Gasteiger partial charge is 0.471 e. The van der Waals surface area contributed by atoms with Crippen LogP contribution in [-0.2, 0) is 29.0 Å². The third-order valence-corrected chi connectivity index (χ3v) is 8.65. The monoisotopic (exact) mass is 596 g/mol. The molecule has 1 aliphatic carbocycles. The zero-order valence-electron chi connectivity index (χ0n) is 22.8. The number of rotatable bonds is 8. The van der Waals surface area contributed by atoms with Crippen molar-refractivity contribution in [3.05, 3.63) is 11.2 Å². The summed E-state index contributed by atoms with van der Waals surface area (Å²) in [6.07, 6.45) is -1.55. The van der Waals surface area contributed by atoms with Crippen LogP contribution in [0.2, 0.25) is 0 Å². The van der Waals surface area contributed by atoms with Gasteiger partial charge in [0, 0.05) is 25.3 Å². The molecule has 4 amide bonds. The third kappa shape index (κ3) is 7.32. The maximum Gasteiger partial charge on any atom is 0.471 e. The molecular weight excluding hydrogens is 560 g/mol. The summed E-state index contributed by atoms with van der Waals surface area (Å²) in [7, 11) is -4.24. The Morgan fingerprint density at radius 2 is 1.77 bits per heavy atom. The normalized spacial score (nSPS) is 27.1. The molecule has 0 aromatic carbocycles. The molecule has 6 atom stereocenters. The highest BCUT2D eigenvalue weighted by atomic mass is 32.2. The van der Waals surface area contributed by atoms with Crippen molar-refractivity contribution in [3.63, 3.8) is 0 Å². The number of alkyl halides is 3. The summed E-state index contributed by atoms with van der Waals surface area (Å²) in [6.45, 7) is 4.91. The summed E-state index contributed by atoms with van der Waals surface area (Å²) in [5.74, 6) is -5.25. The zero-order chi connectivity index (χ0) is 30.2. The molecule has 2 saturated heterocycles. The Balaban J connectivity index is 1.91. The lowest BCUT2D eigenvalue weighted by Gasteiger charge is -2.36. The minimum absolute atomic E-state index is 0.0826. The fourth-order valence-electron chi connectivity index (χ4n) is 5.79. The van der Waals surface area contributed by atoms with Crippen molar-refractivity contribution in [2.75, 3.05) is 19.3 Å². The van der Waals surface area contributed by atoms with E-state index in [1.165, 1.54) is 25.7 Å². The number of hydrogen-bond donors (Lipinski definition) is 3. The highest BCUT2D eigenvalue weighted by Crippen LogP contribution is 2.43. The summed E-state index contributed by atoms with van der Waals surface area (Å²) in [6, 6.07) is -3.95. The standard InChI is InChI=1S/C25H36F4N4O6S/c1-24(2,3)19(32-23(37)25(27,28)29)22(36)33-12-14-6-5-7-16(14)18(33)21(35)31-15(11-17(26)40(4,38)39)10-13-8-9-30-20(13)34/h11,13-16,18-19H,5-10,12H2,1-4H3,(H,30,34)(H,31,35)(H,32,37)/b17-11+/t13-,14-,15+,16-,18-,19+/m0/s1. The van der Waals surface area contributed by atoms with Gasteiger partial charge in [0.25, 0.3) is 0 Å². The van der Waals surface area contributed by atoms with Gasteiger partial charge in [0.05, 0.1) is 6.04 Å². The van der Waals surface area contributed by atoms with Gasteiger partial charge in [-0.05, 0) is 49.0 Å². The van der Waals surface area contributed by atoms with Crippen LogP contribution < -0.4 is 16.0 Å². The van der Waals surface area contributed by atoms with Crippen LogP contribution in [0.1, 0.15) is 52.9 Å². The Labute approximate surface area is 230 Å². The predicted octanol–water partition coefficient (Wildman–Crippen LogP) is 1.57. The zero-order valence-corrected chi connectivity index (χ0v) is 23.6. The molecule has 2 heterocycles. The number of carbonyl (C=O) groups is 4. The first-order chi connectivity index (χ1) is 18.3. The third-order valence-electron chi connectivity index (χ3n) is 7.80. The molecule has 1 saturated carbocycles. The highest BCUT2D eigenvalue weighted by Gasteiger charge is 2.53. The van der Waals surface area contributed by atoms with Gasteiger partial charge in [0.1, 0.15) is 12.1 Å². The molecule has 226 valence electrons. The first-order valence-corrected chi connectivity index (χ1v) is 15.0. The van der Waals surface area contributed by atoms with Gasteiger partial charge in [0.2, 0.25) is 32.7 Å². The van der Waals surface area contributed by atoms with Gasteiger partial charge in [-0.25, -0.2) is 8.42 Å². The maximum absolute atomic E-state index is 14.5. The molecule has 3 aliphatic rings. The Morgan fingerprint density at radius 1 is 1.12 bits per heavy atom. The van der Waals surface area contributed by atoms with Gasteiger partial charge >= 0.3 is 12.1 Å². The number of hydrogen-bond acceptors (Lipinski definition) is 6. The summed E-state index contributed by atoms with van der Waals surface area (Å²) in [5, 5.41) is 5.50. The van der Waals surface area contributed by atoms with E-state index in [0.29, 0.717) is 38.1 Å². The predicted molar refractivity (Wildman–Crippen MR) is 135 cm³/mol. The number of carbonyl (C=O) groups excluding carboxylic acids is 4. The fraction of sp³-hybridized carbons (Fsp3) is 0.760. The molecule has 0 aromatic rings. The average Bonchev–Trinajstić information content (AvgIpc) is 3.50. The van der Waals surface area contributed by atoms with Crippen molar-refractivity contribution in [2.24, 2.45) is 23.2 Å². The molecule has 3 N–H and O–H groups in total. The molecule has 0 spiro atoms. The van der Waals surface area contributed by atoms with E-state index < -0.39 is 68.4 Å². The Hall–Kier alpha value is -2.71. The lowest BCUT2D eigenvalue weighted by Crippen LogP contribution is -2.60. The maximum atomic E-state index is 14.5. The van der Waals surface area contributed by atoms with Gasteiger partial charge in [-0.2, -0.15) is 17.6 Å². The van der Waals surface area contributed by atoms with Gasteiger partial charge in [-0.3, -0.25) is 19.2 Å². The molecule has 3 fully saturated rings. The van der Waals surface area contributed by atoms with E-state index in [-0.39, 0.29) is 30.7 Å². The summed E-state index contributed by atoms with van der Waals surface area (Å²) in [4.78, 5) is 52.4. The number of halogens is 4. The molecule has 0 unspecified atom stereocenters. The fourth-order valence-corrected chi connectivity index (χ4v) is 6.20. The van der Waals surface area contributed by atoms with E-state index in [2.05, 4.69) is 10.6 Å². The number of likely N-dealkylation sites (tertiary alicyclic amines) is 1. The van der Waals surface area contributed by atoms with Crippen molar-refractivity contribution >= 4 is 33.5 Å². The first kappa shape index (κ1) is 31.8. The SMILES string of the molecule is CC(C)(C)[C@H](NC(=O)C(F)(F)F)C(=O)N1C[C@@H]2CCC[C@@H]2[C@H]1C(=O)N[C@@H](/C=C(\F)S(C)(=O)=O)C[C@@H]1CCNC1=O. The molecule has 40 heavy (non-hydrogen) atoms. The van der Waals surface area contributed by atoms with Crippen LogP contribution in [0.3, 0.4) is 0 Å². The number of nitrogens with one attached hydrogen (secondary N) is 3. The Kier molecular flexibility index (Phi) is 9.26. The molecular formula is C25H36F4N4O6S. The second-order valence-corrected chi connectivity index (χ2v) is 13.9. The van der Waals surface area contributed by atoms with E-state index in [4.69, 9.17) is 0 Å². The minimum atomic E-state index is -5.22. The summed E-state index contributed by atoms with van der Waals surface area (Å²) >= 11 is 0. The van der Waals surface area contributed by atoms with Crippen molar-refractivity contribution in [1.29, 1.82) is 0 Å². The van der Waals surface area contributed by atoms with Gasteiger partial charge in [0.15, 0.2) is 0 Å². The Bertz CT molecular complexity index is 1170. The molecule has 2 aliphatic heterocycles. The van der Waals surface area contributed by atoms with Gasteiger partial charge in [-0.15, -0.1) is 0 Å². The van der Waals surface area contributed by atoms with E-state index in [9.17, 15) is 45.2 Å². The number of sulfone groups is 1. The van der Waals surface area contributed by atoms with E-state index in [1.807, 2.05) is 0 Å². The van der Waals surface area contributed by atoms with Crippen LogP contribution >= 0.6 is 0 Å². The smallest absolute Gasteiger partial charge is 0.356 e. The van der Waals surface area contributed by atoms with Crippen molar-refractivity contribution < 1.29 is 45.2 Å². The van der Waals surface area contributed by atoms with Crippen LogP contribution in [0.25, 0.3) is 0 Å². The first-order valence-electron chi connectivity index (χ1n) is 13.1. The van der Waals surface area contributed by atoms with Crippen molar-refractivity contribution in [1.82, 2.24) is 20.9 Å². The average molecular weight is 597 g/mol. The minimum Gasteiger partial charge on any atom is -0.356 e. The van der Waals surface area contributed by atoms with Crippen LogP contribution in [0, 0.1) is 23.2 Å². The number of fused-ring (bicyclic) bond motifs is 1. The molecule has 3 rings (SSSR count). The molecule has 0 radical (unpaired) electrons. The highest BCUT2D eigenvalue weighted by molar-refractivity contribution is 7.94. The molecule has 10 nitrogen and oxygen atoms in total. The van der Waals surface area contributed by atoms with Gasteiger partial charge < -0.3 is 20.9 Å². The lowest BCUT2D eigenvalue weighted by molar-refractivity contribution is -0.176. The second-order valence-electron chi connectivity index (χ2n) is 11.9. The summed E-state index contributed by atoms with van der Waals surface area (Å²) < 4.78 is 77.1. The van der Waals surface area contributed by atoms with Crippen molar-refractivity contribution in [2.45, 2.75) is 77.2 Å². The number of nitrogens with zero attached hydrogens (tertiary/aromatic N) is 1. The van der Waals surface area contributed by atoms with E-state index >= 15 is 0 Å². The lowest BCUT2D eigenvalue weighted by atomic mass is 9.85. The molecule has 15 heteroatoms. The number of amides is 4. The van der Waals surface area contributed by atoms with Crippen LogP contribution in [0.15, 0.2) is 11.2 Å². The van der Waals surface area contributed by atoms with Crippen LogP contribution in [-0.4, -0.2) is 80.6 Å². The molecule has 0 aromatic heterocycles. The van der Waals surface area contributed by atoms with E-state index in [1.54, 1.807) is 5.32 Å². The van der Waals surface area contributed by atoms with Crippen molar-refractivity contribution in [3.8, 4) is 0 Å².